The number of carbonyl (C=O) groups is 2. The minimum absolute atomic E-state index is 0.0199. The standard InChI is InChI=1S/C15H17N5O3/c1-11(21)4-5-19-6-8-20(9-7-19)15(23)13-3-2-12(17-18-16)10-14(13)22/h2-5,10,22H,6-9H2,1H3. The van der Waals surface area contributed by atoms with E-state index in [0.29, 0.717) is 26.2 Å². The number of benzene rings is 1. The minimum atomic E-state index is -0.273. The number of hydrogen-bond acceptors (Lipinski definition) is 5. The Morgan fingerprint density at radius 3 is 2.57 bits per heavy atom. The van der Waals surface area contributed by atoms with Crippen LogP contribution in [-0.2, 0) is 4.79 Å². The molecule has 120 valence electrons. The van der Waals surface area contributed by atoms with Crippen molar-refractivity contribution in [3.05, 3.63) is 46.5 Å². The minimum Gasteiger partial charge on any atom is -0.507 e. The highest BCUT2D eigenvalue weighted by atomic mass is 16.3. The van der Waals surface area contributed by atoms with Crippen LogP contribution in [0.3, 0.4) is 0 Å². The monoisotopic (exact) mass is 315 g/mol. The highest BCUT2D eigenvalue weighted by Crippen LogP contribution is 2.25. The van der Waals surface area contributed by atoms with E-state index in [0.717, 1.165) is 0 Å². The van der Waals surface area contributed by atoms with Gasteiger partial charge in [0.2, 0.25) is 0 Å². The maximum atomic E-state index is 12.4. The molecule has 0 bridgehead atoms. The Hall–Kier alpha value is -2.99. The Morgan fingerprint density at radius 2 is 2.00 bits per heavy atom. The molecular weight excluding hydrogens is 298 g/mol. The third-order valence-corrected chi connectivity index (χ3v) is 3.49. The summed E-state index contributed by atoms with van der Waals surface area (Å²) in [6.45, 7) is 3.72. The predicted molar refractivity (Wildman–Crippen MR) is 84.2 cm³/mol. The lowest BCUT2D eigenvalue weighted by Gasteiger charge is -2.34. The number of ketones is 1. The second kappa shape index (κ2) is 7.33. The number of hydrogen-bond donors (Lipinski definition) is 1. The number of amides is 1. The normalized spacial score (nSPS) is 14.7. The molecule has 0 radical (unpaired) electrons. The summed E-state index contributed by atoms with van der Waals surface area (Å²) in [5.41, 5.74) is 8.79. The van der Waals surface area contributed by atoms with Crippen molar-refractivity contribution in [1.82, 2.24) is 9.80 Å². The fourth-order valence-electron chi connectivity index (χ4n) is 2.27. The van der Waals surface area contributed by atoms with E-state index in [-0.39, 0.29) is 28.7 Å². The lowest BCUT2D eigenvalue weighted by atomic mass is 10.1. The molecule has 8 heteroatoms. The van der Waals surface area contributed by atoms with Crippen LogP contribution in [0.5, 0.6) is 5.75 Å². The van der Waals surface area contributed by atoms with Gasteiger partial charge in [-0.25, -0.2) is 0 Å². The van der Waals surface area contributed by atoms with E-state index < -0.39 is 0 Å². The number of aromatic hydroxyl groups is 1. The van der Waals surface area contributed by atoms with E-state index in [1.165, 1.54) is 31.2 Å². The van der Waals surface area contributed by atoms with Gasteiger partial charge in [-0.2, -0.15) is 0 Å². The highest BCUT2D eigenvalue weighted by Gasteiger charge is 2.22. The van der Waals surface area contributed by atoms with Gasteiger partial charge in [-0.05, 0) is 30.7 Å². The topological polar surface area (TPSA) is 110 Å². The lowest BCUT2D eigenvalue weighted by Crippen LogP contribution is -2.46. The number of piperazine rings is 1. The molecule has 2 rings (SSSR count). The molecule has 0 aliphatic carbocycles. The summed E-state index contributed by atoms with van der Waals surface area (Å²) in [5.74, 6) is -0.502. The number of carbonyl (C=O) groups excluding carboxylic acids is 2. The van der Waals surface area contributed by atoms with Crippen LogP contribution in [0.15, 0.2) is 35.6 Å². The Balaban J connectivity index is 2.02. The summed E-state index contributed by atoms with van der Waals surface area (Å²) in [6.07, 6.45) is 3.23. The zero-order chi connectivity index (χ0) is 16.8. The van der Waals surface area contributed by atoms with Crippen LogP contribution in [0, 0.1) is 0 Å². The van der Waals surface area contributed by atoms with Crippen LogP contribution in [-0.4, -0.2) is 52.8 Å². The molecule has 0 saturated carbocycles. The van der Waals surface area contributed by atoms with E-state index in [9.17, 15) is 14.7 Å². The fraction of sp³-hybridized carbons (Fsp3) is 0.333. The number of phenolic OH excluding ortho intramolecular Hbond substituents is 1. The molecular formula is C15H17N5O3. The summed E-state index contributed by atoms with van der Waals surface area (Å²) < 4.78 is 0. The molecule has 1 amide bonds. The first-order chi connectivity index (χ1) is 11.0. The van der Waals surface area contributed by atoms with Gasteiger partial charge in [0.15, 0.2) is 5.78 Å². The largest absolute Gasteiger partial charge is 0.507 e. The maximum Gasteiger partial charge on any atom is 0.257 e. The molecule has 0 atom stereocenters. The molecule has 1 saturated heterocycles. The number of allylic oxidation sites excluding steroid dienone is 1. The first kappa shape index (κ1) is 16.4. The van der Waals surface area contributed by atoms with Crippen molar-refractivity contribution in [3.8, 4) is 5.75 Å². The average molecular weight is 315 g/mol. The summed E-state index contributed by atoms with van der Waals surface area (Å²) in [7, 11) is 0. The van der Waals surface area contributed by atoms with Gasteiger partial charge in [-0.3, -0.25) is 9.59 Å². The fourth-order valence-corrected chi connectivity index (χ4v) is 2.27. The Morgan fingerprint density at radius 1 is 1.30 bits per heavy atom. The van der Waals surface area contributed by atoms with Gasteiger partial charge >= 0.3 is 0 Å². The summed E-state index contributed by atoms with van der Waals surface area (Å²) >= 11 is 0. The molecule has 0 spiro atoms. The Bertz CT molecular complexity index is 686. The molecule has 23 heavy (non-hydrogen) atoms. The highest BCUT2D eigenvalue weighted by molar-refractivity contribution is 5.97. The third-order valence-electron chi connectivity index (χ3n) is 3.49. The van der Waals surface area contributed by atoms with Crippen LogP contribution in [0.2, 0.25) is 0 Å². The summed E-state index contributed by atoms with van der Waals surface area (Å²) in [4.78, 5) is 29.6. The molecule has 1 aliphatic rings. The quantitative estimate of drug-likeness (QED) is 0.397. The zero-order valence-corrected chi connectivity index (χ0v) is 12.7. The summed E-state index contributed by atoms with van der Waals surface area (Å²) in [6, 6.07) is 4.20. The van der Waals surface area contributed by atoms with Crippen LogP contribution < -0.4 is 0 Å². The van der Waals surface area contributed by atoms with Crippen molar-refractivity contribution >= 4 is 17.4 Å². The zero-order valence-electron chi connectivity index (χ0n) is 12.7. The first-order valence-electron chi connectivity index (χ1n) is 7.11. The average Bonchev–Trinajstić information content (AvgIpc) is 2.53. The number of azide groups is 1. The van der Waals surface area contributed by atoms with Crippen molar-refractivity contribution in [3.63, 3.8) is 0 Å². The van der Waals surface area contributed by atoms with Gasteiger partial charge in [-0.1, -0.05) is 11.2 Å². The van der Waals surface area contributed by atoms with Crippen LogP contribution >= 0.6 is 0 Å². The molecule has 1 N–H and O–H groups in total. The van der Waals surface area contributed by atoms with Crippen molar-refractivity contribution in [2.75, 3.05) is 26.2 Å². The number of rotatable bonds is 4. The molecule has 1 aromatic carbocycles. The molecule has 1 aliphatic heterocycles. The van der Waals surface area contributed by atoms with Crippen LogP contribution in [0.25, 0.3) is 10.4 Å². The van der Waals surface area contributed by atoms with E-state index in [1.807, 2.05) is 4.90 Å². The molecule has 1 heterocycles. The van der Waals surface area contributed by atoms with E-state index in [1.54, 1.807) is 11.1 Å². The van der Waals surface area contributed by atoms with Gasteiger partial charge in [-0.15, -0.1) is 0 Å². The van der Waals surface area contributed by atoms with E-state index >= 15 is 0 Å². The maximum absolute atomic E-state index is 12.4. The molecule has 1 fully saturated rings. The van der Waals surface area contributed by atoms with Crippen molar-refractivity contribution in [2.45, 2.75) is 6.92 Å². The molecule has 0 unspecified atom stereocenters. The van der Waals surface area contributed by atoms with Crippen LogP contribution in [0.4, 0.5) is 5.69 Å². The molecule has 1 aromatic rings. The van der Waals surface area contributed by atoms with Gasteiger partial charge < -0.3 is 14.9 Å². The number of phenols is 1. The second-order valence-corrected chi connectivity index (χ2v) is 5.15. The third kappa shape index (κ3) is 4.24. The Labute approximate surface area is 133 Å². The predicted octanol–water partition coefficient (Wildman–Crippen LogP) is 2.19. The lowest BCUT2D eigenvalue weighted by molar-refractivity contribution is -0.112. The van der Waals surface area contributed by atoms with Crippen molar-refractivity contribution < 1.29 is 14.7 Å². The smallest absolute Gasteiger partial charge is 0.257 e. The van der Waals surface area contributed by atoms with Crippen molar-refractivity contribution in [1.29, 1.82) is 0 Å². The first-order valence-corrected chi connectivity index (χ1v) is 7.11. The Kier molecular flexibility index (Phi) is 5.22. The van der Waals surface area contributed by atoms with E-state index in [2.05, 4.69) is 10.0 Å². The molecule has 8 nitrogen and oxygen atoms in total. The van der Waals surface area contributed by atoms with Crippen LogP contribution in [0.1, 0.15) is 17.3 Å². The summed E-state index contributed by atoms with van der Waals surface area (Å²) in [5, 5.41) is 13.3. The van der Waals surface area contributed by atoms with Gasteiger partial charge in [0.05, 0.1) is 5.56 Å². The van der Waals surface area contributed by atoms with Gasteiger partial charge in [0.1, 0.15) is 5.75 Å². The second-order valence-electron chi connectivity index (χ2n) is 5.15. The van der Waals surface area contributed by atoms with Crippen molar-refractivity contribution in [2.24, 2.45) is 5.11 Å². The van der Waals surface area contributed by atoms with E-state index in [4.69, 9.17) is 5.53 Å². The number of nitrogens with zero attached hydrogens (tertiary/aromatic N) is 5. The molecule has 0 aromatic heterocycles. The van der Waals surface area contributed by atoms with Gasteiger partial charge in [0.25, 0.3) is 5.91 Å². The SMILES string of the molecule is CC(=O)C=CN1CCN(C(=O)c2ccc(N=[N+]=[N-])cc2O)CC1. The van der Waals surface area contributed by atoms with Gasteiger partial charge in [0, 0.05) is 43.0 Å².